The van der Waals surface area contributed by atoms with E-state index in [4.69, 9.17) is 17.3 Å². The minimum atomic E-state index is 0.0411. The van der Waals surface area contributed by atoms with Crippen molar-refractivity contribution in [3.8, 4) is 0 Å². The highest BCUT2D eigenvalue weighted by Crippen LogP contribution is 2.22. The van der Waals surface area contributed by atoms with Crippen LogP contribution in [0.15, 0.2) is 18.2 Å². The van der Waals surface area contributed by atoms with Crippen LogP contribution < -0.4 is 11.1 Å². The smallest absolute Gasteiger partial charge is 0.224 e. The molecule has 0 unspecified atom stereocenters. The predicted molar refractivity (Wildman–Crippen MR) is 87.1 cm³/mol. The quantitative estimate of drug-likeness (QED) is 0.497. The van der Waals surface area contributed by atoms with Crippen LogP contribution in [0.25, 0.3) is 0 Å². The van der Waals surface area contributed by atoms with Gasteiger partial charge in [-0.2, -0.15) is 0 Å². The molecule has 3 nitrogen and oxygen atoms in total. The van der Waals surface area contributed by atoms with Crippen LogP contribution in [0.5, 0.6) is 0 Å². The fourth-order valence-corrected chi connectivity index (χ4v) is 2.25. The van der Waals surface area contributed by atoms with E-state index >= 15 is 0 Å². The Morgan fingerprint density at radius 3 is 2.45 bits per heavy atom. The number of amides is 1. The second kappa shape index (κ2) is 9.65. The minimum Gasteiger partial charge on any atom is -0.398 e. The molecule has 20 heavy (non-hydrogen) atoms. The van der Waals surface area contributed by atoms with E-state index in [1.54, 1.807) is 18.2 Å². The Kier molecular flexibility index (Phi) is 8.12. The van der Waals surface area contributed by atoms with Crippen molar-refractivity contribution in [3.63, 3.8) is 0 Å². The van der Waals surface area contributed by atoms with Gasteiger partial charge in [-0.05, 0) is 24.6 Å². The first-order valence-electron chi connectivity index (χ1n) is 7.48. The molecule has 3 N–H and O–H groups in total. The van der Waals surface area contributed by atoms with E-state index in [-0.39, 0.29) is 5.91 Å². The highest BCUT2D eigenvalue weighted by atomic mass is 35.5. The lowest BCUT2D eigenvalue weighted by molar-refractivity contribution is -0.116. The largest absolute Gasteiger partial charge is 0.398 e. The Balaban J connectivity index is 2.15. The summed E-state index contributed by atoms with van der Waals surface area (Å²) < 4.78 is 0. The number of nitrogen functional groups attached to an aromatic ring is 1. The average Bonchev–Trinajstić information content (AvgIpc) is 2.42. The molecular formula is C16H25ClN2O. The van der Waals surface area contributed by atoms with Gasteiger partial charge < -0.3 is 11.1 Å². The summed E-state index contributed by atoms with van der Waals surface area (Å²) >= 11 is 5.91. The molecule has 0 atom stereocenters. The van der Waals surface area contributed by atoms with Gasteiger partial charge in [0.25, 0.3) is 0 Å². The normalized spacial score (nSPS) is 10.5. The Hall–Kier alpha value is -1.22. The van der Waals surface area contributed by atoms with Crippen molar-refractivity contribution in [1.82, 2.24) is 0 Å². The molecule has 0 fully saturated rings. The fraction of sp³-hybridized carbons (Fsp3) is 0.562. The first kappa shape index (κ1) is 16.8. The maximum atomic E-state index is 11.8. The molecule has 0 saturated carbocycles. The number of carbonyl (C=O) groups excluding carboxylic acids is 1. The lowest BCUT2D eigenvalue weighted by atomic mass is 10.1. The monoisotopic (exact) mass is 296 g/mol. The Bertz CT molecular complexity index is 421. The Morgan fingerprint density at radius 2 is 1.80 bits per heavy atom. The summed E-state index contributed by atoms with van der Waals surface area (Å²) in [4.78, 5) is 11.8. The molecule has 0 aromatic heterocycles. The van der Waals surface area contributed by atoms with Crippen molar-refractivity contribution < 1.29 is 4.79 Å². The summed E-state index contributed by atoms with van der Waals surface area (Å²) in [5.41, 5.74) is 6.85. The molecule has 1 rings (SSSR count). The molecular weight excluding hydrogens is 272 g/mol. The molecule has 0 bridgehead atoms. The van der Waals surface area contributed by atoms with E-state index in [1.165, 1.54) is 32.1 Å². The number of rotatable bonds is 9. The molecule has 112 valence electrons. The van der Waals surface area contributed by atoms with Crippen LogP contribution in [-0.4, -0.2) is 5.91 Å². The van der Waals surface area contributed by atoms with E-state index in [9.17, 15) is 4.79 Å². The number of hydrogen-bond donors (Lipinski definition) is 2. The molecule has 0 aliphatic heterocycles. The van der Waals surface area contributed by atoms with Gasteiger partial charge in [0.05, 0.1) is 10.7 Å². The van der Waals surface area contributed by atoms with Crippen molar-refractivity contribution in [1.29, 1.82) is 0 Å². The standard InChI is InChI=1S/C16H25ClN2O/c1-2-3-4-5-6-7-8-9-16(20)19-13-10-11-15(18)14(17)12-13/h10-12H,2-9,18H2,1H3,(H,19,20). The average molecular weight is 297 g/mol. The number of hydrogen-bond acceptors (Lipinski definition) is 2. The molecule has 4 heteroatoms. The van der Waals surface area contributed by atoms with Crippen molar-refractivity contribution in [2.75, 3.05) is 11.1 Å². The number of nitrogens with two attached hydrogens (primary N) is 1. The zero-order valence-electron chi connectivity index (χ0n) is 12.3. The van der Waals surface area contributed by atoms with Gasteiger partial charge in [0.2, 0.25) is 5.91 Å². The van der Waals surface area contributed by atoms with Gasteiger partial charge >= 0.3 is 0 Å². The second-order valence-corrected chi connectivity index (χ2v) is 5.56. The maximum Gasteiger partial charge on any atom is 0.224 e. The second-order valence-electron chi connectivity index (χ2n) is 5.16. The highest BCUT2D eigenvalue weighted by molar-refractivity contribution is 6.33. The molecule has 0 heterocycles. The highest BCUT2D eigenvalue weighted by Gasteiger charge is 2.04. The zero-order valence-corrected chi connectivity index (χ0v) is 13.0. The van der Waals surface area contributed by atoms with Crippen LogP contribution in [0.2, 0.25) is 5.02 Å². The summed E-state index contributed by atoms with van der Waals surface area (Å²) in [6.07, 6.45) is 9.04. The molecule has 0 radical (unpaired) electrons. The van der Waals surface area contributed by atoms with E-state index in [0.717, 1.165) is 12.8 Å². The summed E-state index contributed by atoms with van der Waals surface area (Å²) in [6.45, 7) is 2.22. The lowest BCUT2D eigenvalue weighted by Crippen LogP contribution is -2.11. The lowest BCUT2D eigenvalue weighted by Gasteiger charge is -2.07. The van der Waals surface area contributed by atoms with Gasteiger partial charge in [0, 0.05) is 12.1 Å². The van der Waals surface area contributed by atoms with Crippen LogP contribution in [-0.2, 0) is 4.79 Å². The number of unbranched alkanes of at least 4 members (excludes halogenated alkanes) is 6. The molecule has 1 aromatic carbocycles. The first-order valence-corrected chi connectivity index (χ1v) is 7.86. The Labute approximate surface area is 126 Å². The summed E-state index contributed by atoms with van der Waals surface area (Å²) in [6, 6.07) is 5.15. The summed E-state index contributed by atoms with van der Waals surface area (Å²) in [7, 11) is 0. The van der Waals surface area contributed by atoms with Crippen molar-refractivity contribution in [2.24, 2.45) is 0 Å². The van der Waals surface area contributed by atoms with Crippen molar-refractivity contribution in [3.05, 3.63) is 23.2 Å². The maximum absolute atomic E-state index is 11.8. The molecule has 1 aromatic rings. The number of halogens is 1. The van der Waals surface area contributed by atoms with Crippen molar-refractivity contribution in [2.45, 2.75) is 58.3 Å². The van der Waals surface area contributed by atoms with E-state index in [0.29, 0.717) is 22.8 Å². The molecule has 1 amide bonds. The number of anilines is 2. The van der Waals surface area contributed by atoms with Gasteiger partial charge in [0.15, 0.2) is 0 Å². The summed E-state index contributed by atoms with van der Waals surface area (Å²) in [5.74, 6) is 0.0411. The SMILES string of the molecule is CCCCCCCCCC(=O)Nc1ccc(N)c(Cl)c1. The van der Waals surface area contributed by atoms with Crippen LogP contribution in [0.1, 0.15) is 58.3 Å². The van der Waals surface area contributed by atoms with Crippen LogP contribution in [0.4, 0.5) is 11.4 Å². The van der Waals surface area contributed by atoms with Gasteiger partial charge in [-0.3, -0.25) is 4.79 Å². The molecule has 0 spiro atoms. The molecule has 0 aliphatic rings. The van der Waals surface area contributed by atoms with Crippen LogP contribution in [0, 0.1) is 0 Å². The zero-order chi connectivity index (χ0) is 14.8. The summed E-state index contributed by atoms with van der Waals surface area (Å²) in [5, 5.41) is 3.31. The van der Waals surface area contributed by atoms with E-state index in [1.807, 2.05) is 0 Å². The number of benzene rings is 1. The first-order chi connectivity index (χ1) is 9.63. The minimum absolute atomic E-state index is 0.0411. The van der Waals surface area contributed by atoms with E-state index < -0.39 is 0 Å². The van der Waals surface area contributed by atoms with Gasteiger partial charge in [0.1, 0.15) is 0 Å². The molecule has 0 saturated heterocycles. The van der Waals surface area contributed by atoms with Gasteiger partial charge in [-0.15, -0.1) is 0 Å². The predicted octanol–water partition coefficient (Wildman–Crippen LogP) is 5.00. The molecule has 0 aliphatic carbocycles. The van der Waals surface area contributed by atoms with E-state index in [2.05, 4.69) is 12.2 Å². The third kappa shape index (κ3) is 6.80. The third-order valence-electron chi connectivity index (χ3n) is 3.29. The van der Waals surface area contributed by atoms with Crippen molar-refractivity contribution >= 4 is 28.9 Å². The Morgan fingerprint density at radius 1 is 1.15 bits per heavy atom. The third-order valence-corrected chi connectivity index (χ3v) is 3.62. The van der Waals surface area contributed by atoms with Gasteiger partial charge in [-0.25, -0.2) is 0 Å². The fourth-order valence-electron chi connectivity index (χ4n) is 2.07. The van der Waals surface area contributed by atoms with Crippen LogP contribution in [0.3, 0.4) is 0 Å². The number of carbonyl (C=O) groups is 1. The van der Waals surface area contributed by atoms with Crippen LogP contribution >= 0.6 is 11.6 Å². The van der Waals surface area contributed by atoms with Gasteiger partial charge in [-0.1, -0.05) is 57.0 Å². The number of nitrogens with one attached hydrogen (secondary N) is 1. The topological polar surface area (TPSA) is 55.1 Å².